The maximum absolute atomic E-state index is 5.75. The lowest BCUT2D eigenvalue weighted by atomic mass is 9.97. The number of hydrogen-bond acceptors (Lipinski definition) is 5. The Morgan fingerprint density at radius 1 is 1.39 bits per heavy atom. The van der Waals surface area contributed by atoms with Crippen molar-refractivity contribution >= 4 is 0 Å². The minimum absolute atomic E-state index is 0.0688. The van der Waals surface area contributed by atoms with Crippen LogP contribution in [0.2, 0.25) is 0 Å². The van der Waals surface area contributed by atoms with E-state index in [1.54, 1.807) is 0 Å². The average molecular weight is 252 g/mol. The first kappa shape index (κ1) is 13.5. The van der Waals surface area contributed by atoms with Crippen molar-refractivity contribution < 1.29 is 4.42 Å². The van der Waals surface area contributed by atoms with Gasteiger partial charge in [-0.15, -0.1) is 10.2 Å². The molecule has 1 N–H and O–H groups in total. The second-order valence-corrected chi connectivity index (χ2v) is 6.08. The molecule has 1 aliphatic heterocycles. The van der Waals surface area contributed by atoms with Crippen LogP contribution in [0.1, 0.15) is 45.4 Å². The van der Waals surface area contributed by atoms with Gasteiger partial charge in [0.25, 0.3) is 0 Å². The standard InChI is InChI=1S/C13H24N4O/c1-13(2,3)12-16-15-11(18-12)9-17-7-5-6-10(17)8-14-4/h10,14H,5-9H2,1-4H3. The Bertz CT molecular complexity index is 383. The molecule has 1 fully saturated rings. The van der Waals surface area contributed by atoms with Crippen molar-refractivity contribution in [2.24, 2.45) is 0 Å². The Morgan fingerprint density at radius 3 is 2.78 bits per heavy atom. The van der Waals surface area contributed by atoms with Gasteiger partial charge in [-0.2, -0.15) is 0 Å². The number of likely N-dealkylation sites (tertiary alicyclic amines) is 1. The number of likely N-dealkylation sites (N-methyl/N-ethyl adjacent to an activating group) is 1. The van der Waals surface area contributed by atoms with Crippen LogP contribution in [0.5, 0.6) is 0 Å². The third-order valence-electron chi connectivity index (χ3n) is 3.39. The van der Waals surface area contributed by atoms with Gasteiger partial charge in [0.2, 0.25) is 11.8 Å². The van der Waals surface area contributed by atoms with Crippen molar-refractivity contribution in [2.75, 3.05) is 20.1 Å². The van der Waals surface area contributed by atoms with E-state index in [1.165, 1.54) is 12.8 Å². The molecule has 1 atom stereocenters. The molecule has 0 saturated carbocycles. The fraction of sp³-hybridized carbons (Fsp3) is 0.846. The summed E-state index contributed by atoms with van der Waals surface area (Å²) in [6, 6.07) is 0.597. The Labute approximate surface area is 109 Å². The van der Waals surface area contributed by atoms with Gasteiger partial charge in [-0.3, -0.25) is 4.90 Å². The highest BCUT2D eigenvalue weighted by molar-refractivity contribution is 4.96. The van der Waals surface area contributed by atoms with E-state index in [0.29, 0.717) is 6.04 Å². The van der Waals surface area contributed by atoms with Gasteiger partial charge in [0.1, 0.15) is 0 Å². The molecule has 0 radical (unpaired) electrons. The van der Waals surface area contributed by atoms with Gasteiger partial charge >= 0.3 is 0 Å². The highest BCUT2D eigenvalue weighted by Crippen LogP contribution is 2.23. The third-order valence-corrected chi connectivity index (χ3v) is 3.39. The van der Waals surface area contributed by atoms with Crippen LogP contribution in [0.15, 0.2) is 4.42 Å². The summed E-state index contributed by atoms with van der Waals surface area (Å²) in [7, 11) is 2.00. The molecule has 0 bridgehead atoms. The molecule has 102 valence electrons. The second-order valence-electron chi connectivity index (χ2n) is 6.08. The molecule has 1 aromatic heterocycles. The van der Waals surface area contributed by atoms with E-state index in [0.717, 1.165) is 31.4 Å². The Morgan fingerprint density at radius 2 is 2.17 bits per heavy atom. The van der Waals surface area contributed by atoms with E-state index < -0.39 is 0 Å². The minimum Gasteiger partial charge on any atom is -0.423 e. The molecule has 1 unspecified atom stereocenters. The van der Waals surface area contributed by atoms with Gasteiger partial charge in [0.05, 0.1) is 6.54 Å². The number of nitrogens with one attached hydrogen (secondary N) is 1. The average Bonchev–Trinajstić information content (AvgIpc) is 2.89. The topological polar surface area (TPSA) is 54.2 Å². The summed E-state index contributed by atoms with van der Waals surface area (Å²) in [5.41, 5.74) is -0.0688. The lowest BCUT2D eigenvalue weighted by Gasteiger charge is -2.22. The molecule has 18 heavy (non-hydrogen) atoms. The summed E-state index contributed by atoms with van der Waals surface area (Å²) in [5.74, 6) is 1.46. The van der Waals surface area contributed by atoms with Crippen molar-refractivity contribution in [3.8, 4) is 0 Å². The lowest BCUT2D eigenvalue weighted by Crippen LogP contribution is -2.36. The van der Waals surface area contributed by atoms with Crippen LogP contribution < -0.4 is 5.32 Å². The van der Waals surface area contributed by atoms with Crippen molar-refractivity contribution in [3.05, 3.63) is 11.8 Å². The van der Waals surface area contributed by atoms with E-state index in [1.807, 2.05) is 7.05 Å². The Kier molecular flexibility index (Phi) is 4.02. The van der Waals surface area contributed by atoms with Crippen LogP contribution in [0.4, 0.5) is 0 Å². The smallest absolute Gasteiger partial charge is 0.230 e. The zero-order chi connectivity index (χ0) is 13.2. The van der Waals surface area contributed by atoms with E-state index in [4.69, 9.17) is 4.42 Å². The molecule has 0 aliphatic carbocycles. The number of rotatable bonds is 4. The van der Waals surface area contributed by atoms with Gasteiger partial charge in [-0.25, -0.2) is 0 Å². The lowest BCUT2D eigenvalue weighted by molar-refractivity contribution is 0.214. The molecule has 5 nitrogen and oxygen atoms in total. The monoisotopic (exact) mass is 252 g/mol. The van der Waals surface area contributed by atoms with Gasteiger partial charge in [0.15, 0.2) is 0 Å². The fourth-order valence-electron chi connectivity index (χ4n) is 2.36. The van der Waals surface area contributed by atoms with Crippen LogP contribution in [0.3, 0.4) is 0 Å². The predicted octanol–water partition coefficient (Wildman–Crippen LogP) is 1.55. The first-order valence-electron chi connectivity index (χ1n) is 6.72. The van der Waals surface area contributed by atoms with Crippen LogP contribution in [-0.4, -0.2) is 41.3 Å². The Balaban J connectivity index is 1.99. The molecular formula is C13H24N4O. The van der Waals surface area contributed by atoms with Gasteiger partial charge in [-0.05, 0) is 26.4 Å². The summed E-state index contributed by atoms with van der Waals surface area (Å²) in [5, 5.41) is 11.6. The molecule has 1 saturated heterocycles. The second kappa shape index (κ2) is 5.36. The molecular weight excluding hydrogens is 228 g/mol. The van der Waals surface area contributed by atoms with E-state index in [9.17, 15) is 0 Å². The zero-order valence-electron chi connectivity index (χ0n) is 11.9. The van der Waals surface area contributed by atoms with E-state index in [-0.39, 0.29) is 5.41 Å². The molecule has 1 aromatic rings. The van der Waals surface area contributed by atoms with Gasteiger partial charge in [-0.1, -0.05) is 20.8 Å². The summed E-state index contributed by atoms with van der Waals surface area (Å²) < 4.78 is 5.75. The highest BCUT2D eigenvalue weighted by Gasteiger charge is 2.27. The van der Waals surface area contributed by atoms with Crippen LogP contribution in [-0.2, 0) is 12.0 Å². The molecule has 0 amide bonds. The largest absolute Gasteiger partial charge is 0.423 e. The number of hydrogen-bond donors (Lipinski definition) is 1. The first-order chi connectivity index (χ1) is 8.50. The van der Waals surface area contributed by atoms with E-state index >= 15 is 0 Å². The summed E-state index contributed by atoms with van der Waals surface area (Å²) in [6.45, 7) is 9.19. The molecule has 2 rings (SSSR count). The van der Waals surface area contributed by atoms with Crippen molar-refractivity contribution in [1.29, 1.82) is 0 Å². The fourth-order valence-corrected chi connectivity index (χ4v) is 2.36. The van der Waals surface area contributed by atoms with Crippen LogP contribution in [0, 0.1) is 0 Å². The molecule has 5 heteroatoms. The quantitative estimate of drug-likeness (QED) is 0.881. The normalized spacial score (nSPS) is 21.7. The van der Waals surface area contributed by atoms with E-state index in [2.05, 4.69) is 41.2 Å². The molecule has 0 spiro atoms. The predicted molar refractivity (Wildman–Crippen MR) is 70.4 cm³/mol. The zero-order valence-corrected chi connectivity index (χ0v) is 11.9. The maximum Gasteiger partial charge on any atom is 0.230 e. The Hall–Kier alpha value is -0.940. The number of nitrogens with zero attached hydrogens (tertiary/aromatic N) is 3. The van der Waals surface area contributed by atoms with Gasteiger partial charge < -0.3 is 9.73 Å². The van der Waals surface area contributed by atoms with Crippen LogP contribution >= 0.6 is 0 Å². The highest BCUT2D eigenvalue weighted by atomic mass is 16.4. The summed E-state index contributed by atoms with van der Waals surface area (Å²) in [6.07, 6.45) is 2.51. The van der Waals surface area contributed by atoms with Crippen molar-refractivity contribution in [3.63, 3.8) is 0 Å². The van der Waals surface area contributed by atoms with Crippen LogP contribution in [0.25, 0.3) is 0 Å². The number of aromatic nitrogens is 2. The summed E-state index contributed by atoms with van der Waals surface area (Å²) in [4.78, 5) is 2.43. The van der Waals surface area contributed by atoms with Crippen molar-refractivity contribution in [2.45, 2.75) is 51.6 Å². The SMILES string of the molecule is CNCC1CCCN1Cc1nnc(C(C)(C)C)o1. The summed E-state index contributed by atoms with van der Waals surface area (Å²) >= 11 is 0. The van der Waals surface area contributed by atoms with Gasteiger partial charge in [0, 0.05) is 18.0 Å². The molecule has 2 heterocycles. The first-order valence-corrected chi connectivity index (χ1v) is 6.72. The minimum atomic E-state index is -0.0688. The molecule has 1 aliphatic rings. The van der Waals surface area contributed by atoms with Crippen molar-refractivity contribution in [1.82, 2.24) is 20.4 Å². The third kappa shape index (κ3) is 3.09. The maximum atomic E-state index is 5.75. The molecule has 0 aromatic carbocycles.